The minimum Gasteiger partial charge on any atom is -0.455 e. The molecule has 0 unspecified atom stereocenters. The van der Waals surface area contributed by atoms with Gasteiger partial charge in [0.2, 0.25) is 0 Å². The summed E-state index contributed by atoms with van der Waals surface area (Å²) in [6, 6.07) is 39.3. The maximum Gasteiger partial charge on any atom is 0.494 e. The molecule has 0 N–H and O–H groups in total. The van der Waals surface area contributed by atoms with Crippen LogP contribution in [-0.2, 0) is 9.31 Å². The van der Waals surface area contributed by atoms with Gasteiger partial charge in [-0.15, -0.1) is 0 Å². The fourth-order valence-electron chi connectivity index (χ4n) is 5.74. The molecule has 0 aliphatic carbocycles. The number of nitrogens with zero attached hydrogens (tertiary/aromatic N) is 2. The number of fused-ring (bicyclic) bond motifs is 5. The van der Waals surface area contributed by atoms with Gasteiger partial charge in [-0.1, -0.05) is 104 Å². The van der Waals surface area contributed by atoms with Gasteiger partial charge in [-0.3, -0.25) is 0 Å². The van der Waals surface area contributed by atoms with E-state index in [1.165, 1.54) is 0 Å². The second kappa shape index (κ2) is 12.0. The van der Waals surface area contributed by atoms with E-state index in [0.717, 1.165) is 72.7 Å². The van der Waals surface area contributed by atoms with Crippen LogP contribution in [0.1, 0.15) is 34.1 Å². The fraction of sp³-hybridized carbons (Fsp3) is 0.179. The highest BCUT2D eigenvalue weighted by Crippen LogP contribution is 2.39. The minimum absolute atomic E-state index is 0.324. The monoisotopic (exact) mass is 590 g/mol. The van der Waals surface area contributed by atoms with E-state index in [2.05, 4.69) is 99.6 Å². The fourth-order valence-corrected chi connectivity index (χ4v) is 5.74. The van der Waals surface area contributed by atoms with Gasteiger partial charge < -0.3 is 13.7 Å². The molecule has 2 heterocycles. The molecule has 7 aromatic rings. The highest BCUT2D eigenvalue weighted by atomic mass is 16.6. The number of benzene rings is 5. The zero-order chi connectivity index (χ0) is 31.0. The molecule has 5 nitrogen and oxygen atoms in total. The Kier molecular flexibility index (Phi) is 7.70. The topological polar surface area (TPSA) is 57.4 Å². The third-order valence-corrected chi connectivity index (χ3v) is 8.47. The number of rotatable bonds is 9. The van der Waals surface area contributed by atoms with E-state index in [0.29, 0.717) is 12.4 Å². The Morgan fingerprint density at radius 2 is 1.38 bits per heavy atom. The van der Waals surface area contributed by atoms with E-state index in [9.17, 15) is 0 Å². The van der Waals surface area contributed by atoms with Crippen molar-refractivity contribution in [2.45, 2.75) is 39.7 Å². The van der Waals surface area contributed by atoms with E-state index >= 15 is 0 Å². The number of aromatic nitrogens is 2. The lowest BCUT2D eigenvalue weighted by Gasteiger charge is -2.28. The van der Waals surface area contributed by atoms with Crippen molar-refractivity contribution in [1.29, 1.82) is 0 Å². The first kappa shape index (κ1) is 29.0. The Balaban J connectivity index is 1.41. The first-order valence-corrected chi connectivity index (χ1v) is 15.6. The lowest BCUT2D eigenvalue weighted by molar-refractivity contribution is 0.0706. The van der Waals surface area contributed by atoms with Crippen LogP contribution in [0.2, 0.25) is 0 Å². The Hall–Kier alpha value is -4.78. The van der Waals surface area contributed by atoms with Gasteiger partial charge in [-0.05, 0) is 61.8 Å². The predicted octanol–water partition coefficient (Wildman–Crippen LogP) is 9.47. The molecule has 0 atom stereocenters. The van der Waals surface area contributed by atoms with Gasteiger partial charge in [0, 0.05) is 39.5 Å². The van der Waals surface area contributed by atoms with Gasteiger partial charge in [-0.25, -0.2) is 9.97 Å². The Bertz CT molecular complexity index is 2140. The smallest absolute Gasteiger partial charge is 0.455 e. The van der Waals surface area contributed by atoms with Crippen LogP contribution < -0.4 is 5.46 Å². The largest absolute Gasteiger partial charge is 0.494 e. The number of furan rings is 1. The zero-order valence-corrected chi connectivity index (χ0v) is 26.1. The summed E-state index contributed by atoms with van der Waals surface area (Å²) in [4.78, 5) is 10.2. The van der Waals surface area contributed by atoms with Crippen molar-refractivity contribution >= 4 is 45.3 Å². The average Bonchev–Trinajstić information content (AvgIpc) is 3.48. The van der Waals surface area contributed by atoms with Crippen LogP contribution in [0.4, 0.5) is 0 Å². The first-order valence-electron chi connectivity index (χ1n) is 15.6. The number of para-hydroxylation sites is 1. The predicted molar refractivity (Wildman–Crippen MR) is 186 cm³/mol. The summed E-state index contributed by atoms with van der Waals surface area (Å²) in [6.45, 7) is 8.84. The molecule has 0 spiro atoms. The van der Waals surface area contributed by atoms with Crippen LogP contribution in [0.15, 0.2) is 120 Å². The Morgan fingerprint density at radius 3 is 2.20 bits per heavy atom. The van der Waals surface area contributed by atoms with Gasteiger partial charge in [0.1, 0.15) is 11.2 Å². The molecule has 45 heavy (non-hydrogen) atoms. The molecule has 0 saturated heterocycles. The lowest BCUT2D eigenvalue weighted by atomic mass is 9.76. The van der Waals surface area contributed by atoms with E-state index < -0.39 is 7.12 Å². The second-order valence-electron chi connectivity index (χ2n) is 11.9. The van der Waals surface area contributed by atoms with Crippen LogP contribution in [0.5, 0.6) is 0 Å². The van der Waals surface area contributed by atoms with Crippen molar-refractivity contribution in [3.05, 3.63) is 115 Å². The van der Waals surface area contributed by atoms with Crippen molar-refractivity contribution in [3.63, 3.8) is 0 Å². The van der Waals surface area contributed by atoms with Crippen LogP contribution >= 0.6 is 0 Å². The maximum atomic E-state index is 6.68. The lowest BCUT2D eigenvalue weighted by Crippen LogP contribution is -2.43. The molecule has 222 valence electrons. The van der Waals surface area contributed by atoms with E-state index in [-0.39, 0.29) is 5.60 Å². The molecule has 0 aliphatic rings. The summed E-state index contributed by atoms with van der Waals surface area (Å²) in [5.41, 5.74) is 6.75. The van der Waals surface area contributed by atoms with Crippen molar-refractivity contribution < 1.29 is 13.7 Å². The van der Waals surface area contributed by atoms with Crippen LogP contribution in [0.25, 0.3) is 66.6 Å². The molecule has 5 aromatic carbocycles. The molecule has 0 bridgehead atoms. The molecule has 0 aliphatic heterocycles. The number of hydrogen-bond donors (Lipinski definition) is 0. The van der Waals surface area contributed by atoms with Crippen molar-refractivity contribution in [2.24, 2.45) is 0 Å². The van der Waals surface area contributed by atoms with E-state index in [1.54, 1.807) is 0 Å². The van der Waals surface area contributed by atoms with Crippen molar-refractivity contribution in [1.82, 2.24) is 9.97 Å². The summed E-state index contributed by atoms with van der Waals surface area (Å²) in [5.74, 6) is 0.650. The molecule has 7 rings (SSSR count). The standard InChI is InChI=1S/C39H35BN2O3/c1-5-39(3,4)45-40(43-6-2)29-18-12-17-28(24-29)34-25-35(42-38(41-34)27-15-8-7-9-16-27)33-21-13-20-31-32-23-22-26-14-10-11-19-30(26)36(32)44-37(31)33/h7-25H,5-6H2,1-4H3. The van der Waals surface area contributed by atoms with E-state index in [4.69, 9.17) is 23.7 Å². The third kappa shape index (κ3) is 5.63. The molecule has 0 saturated carbocycles. The van der Waals surface area contributed by atoms with Gasteiger partial charge in [0.05, 0.1) is 11.4 Å². The molecule has 0 amide bonds. The maximum absolute atomic E-state index is 6.68. The van der Waals surface area contributed by atoms with Crippen molar-refractivity contribution in [3.8, 4) is 33.9 Å². The van der Waals surface area contributed by atoms with Crippen LogP contribution in [0, 0.1) is 0 Å². The minimum atomic E-state index is -0.487. The normalized spacial score (nSPS) is 11.9. The third-order valence-electron chi connectivity index (χ3n) is 8.47. The van der Waals surface area contributed by atoms with Crippen molar-refractivity contribution in [2.75, 3.05) is 6.61 Å². The SMILES string of the molecule is CCOB(OC(C)(C)CC)c1cccc(-c2cc(-c3cccc4c3oc3c5ccccc5ccc43)nc(-c3ccccc3)n2)c1. The van der Waals surface area contributed by atoms with Gasteiger partial charge in [-0.2, -0.15) is 0 Å². The summed E-state index contributed by atoms with van der Waals surface area (Å²) >= 11 is 0. The van der Waals surface area contributed by atoms with Gasteiger partial charge >= 0.3 is 7.12 Å². The molecular weight excluding hydrogens is 555 g/mol. The number of hydrogen-bond acceptors (Lipinski definition) is 5. The summed E-state index contributed by atoms with van der Waals surface area (Å²) in [5, 5.41) is 4.40. The molecule has 6 heteroatoms. The highest BCUT2D eigenvalue weighted by Gasteiger charge is 2.29. The quantitative estimate of drug-likeness (QED) is 0.157. The first-order chi connectivity index (χ1) is 21.9. The van der Waals surface area contributed by atoms with Gasteiger partial charge in [0.15, 0.2) is 5.82 Å². The Morgan fingerprint density at radius 1 is 0.667 bits per heavy atom. The average molecular weight is 591 g/mol. The highest BCUT2D eigenvalue weighted by molar-refractivity contribution is 6.61. The summed E-state index contributed by atoms with van der Waals surface area (Å²) in [7, 11) is -0.487. The van der Waals surface area contributed by atoms with Gasteiger partial charge in [0.25, 0.3) is 0 Å². The molecule has 0 radical (unpaired) electrons. The summed E-state index contributed by atoms with van der Waals surface area (Å²) < 4.78 is 19.2. The Labute approximate surface area is 264 Å². The summed E-state index contributed by atoms with van der Waals surface area (Å²) in [6.07, 6.45) is 0.870. The molecule has 2 aromatic heterocycles. The molecular formula is C39H35BN2O3. The van der Waals surface area contributed by atoms with E-state index in [1.807, 2.05) is 43.3 Å². The second-order valence-corrected chi connectivity index (χ2v) is 11.9. The van der Waals surface area contributed by atoms with Crippen LogP contribution in [0.3, 0.4) is 0 Å². The van der Waals surface area contributed by atoms with Crippen LogP contribution in [-0.4, -0.2) is 29.3 Å². The zero-order valence-electron chi connectivity index (χ0n) is 26.1. The molecule has 0 fully saturated rings.